The number of allylic oxidation sites excluding steroid dienone is 2. The molecule has 34 heavy (non-hydrogen) atoms. The van der Waals surface area contributed by atoms with Gasteiger partial charge in [0, 0.05) is 19.8 Å². The zero-order valence-corrected chi connectivity index (χ0v) is 20.6. The monoisotopic (exact) mass is 476 g/mol. The first-order valence-corrected chi connectivity index (χ1v) is 11.7. The second kappa shape index (κ2) is 13.9. The van der Waals surface area contributed by atoms with Gasteiger partial charge in [0.1, 0.15) is 5.82 Å². The summed E-state index contributed by atoms with van der Waals surface area (Å²) >= 11 is 0. The molecule has 0 spiro atoms. The summed E-state index contributed by atoms with van der Waals surface area (Å²) in [6, 6.07) is 4.82. The number of nitrogens with one attached hydrogen (secondary N) is 1. The Balaban J connectivity index is 2.30. The minimum absolute atomic E-state index is 0.0614. The van der Waals surface area contributed by atoms with E-state index in [1.807, 2.05) is 13.0 Å². The van der Waals surface area contributed by atoms with Crippen molar-refractivity contribution in [3.05, 3.63) is 52.9 Å². The van der Waals surface area contributed by atoms with Crippen molar-refractivity contribution in [1.82, 2.24) is 0 Å². The summed E-state index contributed by atoms with van der Waals surface area (Å²) in [6.07, 6.45) is 6.90. The summed E-state index contributed by atoms with van der Waals surface area (Å²) in [7, 11) is 3.24. The number of carbonyl (C=O) groups is 2. The highest BCUT2D eigenvalue weighted by Crippen LogP contribution is 2.23. The molecule has 3 unspecified atom stereocenters. The molecule has 0 radical (unpaired) electrons. The molecule has 0 saturated carbocycles. The van der Waals surface area contributed by atoms with E-state index >= 15 is 0 Å². The van der Waals surface area contributed by atoms with Crippen molar-refractivity contribution in [3.63, 3.8) is 0 Å². The van der Waals surface area contributed by atoms with Crippen LogP contribution < -0.4 is 11.1 Å². The molecule has 2 rings (SSSR count). The number of anilines is 1. The van der Waals surface area contributed by atoms with Crippen LogP contribution in [0.15, 0.2) is 41.5 Å². The van der Waals surface area contributed by atoms with Crippen LogP contribution in [-0.4, -0.2) is 44.5 Å². The van der Waals surface area contributed by atoms with Crippen LogP contribution in [0.5, 0.6) is 0 Å². The van der Waals surface area contributed by atoms with Crippen molar-refractivity contribution in [1.29, 1.82) is 0 Å². The number of hydrogen-bond acceptors (Lipinski definition) is 5. The lowest BCUT2D eigenvalue weighted by molar-refractivity contribution is -0.112. The van der Waals surface area contributed by atoms with Crippen molar-refractivity contribution in [3.8, 4) is 0 Å². The predicted octanol–water partition coefficient (Wildman–Crippen LogP) is 5.05. The molecule has 1 aliphatic heterocycles. The quantitative estimate of drug-likeness (QED) is 0.595. The summed E-state index contributed by atoms with van der Waals surface area (Å²) in [4.78, 5) is 24.2. The molecule has 3 N–H and O–H groups in total. The topological polar surface area (TPSA) is 99.9 Å². The number of fused-ring (bicyclic) bond motifs is 2. The van der Waals surface area contributed by atoms with Gasteiger partial charge in [0.15, 0.2) is 6.10 Å². The molecule has 2 amide bonds. The minimum atomic E-state index is -0.872. The first-order chi connectivity index (χ1) is 16.2. The van der Waals surface area contributed by atoms with Crippen molar-refractivity contribution in [2.75, 3.05) is 19.5 Å². The van der Waals surface area contributed by atoms with Crippen LogP contribution in [0.1, 0.15) is 57.9 Å². The van der Waals surface area contributed by atoms with Gasteiger partial charge < -0.3 is 25.3 Å². The lowest BCUT2D eigenvalue weighted by Crippen LogP contribution is -2.35. The molecule has 0 saturated heterocycles. The van der Waals surface area contributed by atoms with Gasteiger partial charge in [-0.15, -0.1) is 0 Å². The maximum Gasteiger partial charge on any atom is 0.405 e. The van der Waals surface area contributed by atoms with Crippen molar-refractivity contribution in [2.24, 2.45) is 5.73 Å². The Morgan fingerprint density at radius 3 is 2.50 bits per heavy atom. The van der Waals surface area contributed by atoms with Gasteiger partial charge >= 0.3 is 6.09 Å². The van der Waals surface area contributed by atoms with Crippen LogP contribution in [0.2, 0.25) is 0 Å². The highest BCUT2D eigenvalue weighted by Gasteiger charge is 2.26. The summed E-state index contributed by atoms with van der Waals surface area (Å²) < 4.78 is 30.9. The first-order valence-electron chi connectivity index (χ1n) is 11.7. The zero-order valence-electron chi connectivity index (χ0n) is 20.6. The fraction of sp³-hybridized carbons (Fsp3) is 0.538. The summed E-state index contributed by atoms with van der Waals surface area (Å²) in [6.45, 7) is 3.56. The molecule has 0 fully saturated rings. The van der Waals surface area contributed by atoms with Gasteiger partial charge in [0.05, 0.1) is 17.9 Å². The van der Waals surface area contributed by atoms with E-state index in [-0.39, 0.29) is 17.7 Å². The number of ether oxygens (including phenoxy) is 3. The van der Waals surface area contributed by atoms with E-state index in [1.165, 1.54) is 6.07 Å². The second-order valence-corrected chi connectivity index (χ2v) is 8.64. The van der Waals surface area contributed by atoms with Gasteiger partial charge in [-0.2, -0.15) is 0 Å². The third-order valence-corrected chi connectivity index (χ3v) is 6.15. The Hall–Kier alpha value is -2.71. The van der Waals surface area contributed by atoms with Gasteiger partial charge in [-0.05, 0) is 82.1 Å². The molecule has 188 valence electrons. The highest BCUT2D eigenvalue weighted by molar-refractivity contribution is 6.03. The van der Waals surface area contributed by atoms with Crippen LogP contribution in [0.3, 0.4) is 0 Å². The molecule has 3 atom stereocenters. The molecule has 1 heterocycles. The van der Waals surface area contributed by atoms with E-state index < -0.39 is 24.1 Å². The molecule has 2 bridgehead atoms. The summed E-state index contributed by atoms with van der Waals surface area (Å²) in [5.41, 5.74) is 7.74. The van der Waals surface area contributed by atoms with Crippen LogP contribution in [-0.2, 0) is 25.4 Å². The number of methoxy groups -OCH3 is 2. The maximum atomic E-state index is 14.3. The molecule has 1 aromatic rings. The Kier molecular flexibility index (Phi) is 11.2. The molecular formula is C26H37FN2O5. The largest absolute Gasteiger partial charge is 0.439 e. The minimum Gasteiger partial charge on any atom is -0.439 e. The van der Waals surface area contributed by atoms with Crippen LogP contribution in [0.25, 0.3) is 0 Å². The van der Waals surface area contributed by atoms with Crippen LogP contribution >= 0.6 is 0 Å². The lowest BCUT2D eigenvalue weighted by atomic mass is 9.98. The van der Waals surface area contributed by atoms with Crippen molar-refractivity contribution < 1.29 is 28.2 Å². The van der Waals surface area contributed by atoms with E-state index in [1.54, 1.807) is 39.4 Å². The highest BCUT2D eigenvalue weighted by atomic mass is 19.1. The second-order valence-electron chi connectivity index (χ2n) is 8.64. The molecular weight excluding hydrogens is 439 g/mol. The number of nitrogens with two attached hydrogens (primary N) is 1. The molecule has 0 aliphatic carbocycles. The smallest absolute Gasteiger partial charge is 0.405 e. The predicted molar refractivity (Wildman–Crippen MR) is 130 cm³/mol. The Morgan fingerprint density at radius 2 is 1.82 bits per heavy atom. The van der Waals surface area contributed by atoms with Crippen LogP contribution in [0.4, 0.5) is 14.9 Å². The average Bonchev–Trinajstić information content (AvgIpc) is 2.80. The number of amides is 2. The van der Waals surface area contributed by atoms with Gasteiger partial charge in [-0.3, -0.25) is 4.79 Å². The van der Waals surface area contributed by atoms with E-state index in [0.717, 1.165) is 43.2 Å². The number of benzene rings is 1. The SMILES string of the molecule is COC1CC/C=C(\C)C(OC(N)=O)C(OC)CC/C=C(\C)C(=O)Nc2cc(ccc2F)CCC1. The molecule has 1 aliphatic rings. The van der Waals surface area contributed by atoms with E-state index in [4.69, 9.17) is 19.9 Å². The molecule has 8 heteroatoms. The molecule has 7 nitrogen and oxygen atoms in total. The summed E-state index contributed by atoms with van der Waals surface area (Å²) in [5, 5.41) is 2.67. The summed E-state index contributed by atoms with van der Waals surface area (Å²) in [5.74, 6) is -0.846. The van der Waals surface area contributed by atoms with Gasteiger partial charge in [-0.25, -0.2) is 9.18 Å². The standard InChI is InChI=1S/C26H37FN2O5/c1-17-8-5-11-20(32-3)12-7-10-19-14-15-21(27)22(16-19)29-25(30)18(2)9-6-13-23(33-4)24(17)34-26(28)31/h8-9,14-16,20,23-24H,5-7,10-13H2,1-4H3,(H2,28,31)(H,29,30)/b17-8+,18-9+. The zero-order chi connectivity index (χ0) is 25.1. The Morgan fingerprint density at radius 1 is 1.09 bits per heavy atom. The number of rotatable bonds is 3. The molecule has 0 aromatic heterocycles. The maximum absolute atomic E-state index is 14.3. The number of carbonyl (C=O) groups excluding carboxylic acids is 2. The van der Waals surface area contributed by atoms with Gasteiger partial charge in [-0.1, -0.05) is 18.2 Å². The lowest BCUT2D eigenvalue weighted by Gasteiger charge is -2.26. The van der Waals surface area contributed by atoms with E-state index in [0.29, 0.717) is 18.4 Å². The average molecular weight is 477 g/mol. The van der Waals surface area contributed by atoms with Crippen molar-refractivity contribution in [2.45, 2.75) is 77.1 Å². The fourth-order valence-electron chi connectivity index (χ4n) is 4.11. The number of halogens is 1. The van der Waals surface area contributed by atoms with Crippen LogP contribution in [0, 0.1) is 5.82 Å². The van der Waals surface area contributed by atoms with Crippen molar-refractivity contribution >= 4 is 17.7 Å². The van der Waals surface area contributed by atoms with Gasteiger partial charge in [0.25, 0.3) is 5.91 Å². The number of aryl methyl sites for hydroxylation is 1. The third kappa shape index (κ3) is 8.57. The third-order valence-electron chi connectivity index (χ3n) is 6.15. The normalized spacial score (nSPS) is 26.5. The Bertz CT molecular complexity index is 899. The van der Waals surface area contributed by atoms with E-state index in [2.05, 4.69) is 5.32 Å². The fourth-order valence-corrected chi connectivity index (χ4v) is 4.11. The van der Waals surface area contributed by atoms with Gasteiger partial charge in [0.2, 0.25) is 0 Å². The number of primary amides is 1. The molecule has 1 aromatic carbocycles. The Labute approximate surface area is 201 Å². The van der Waals surface area contributed by atoms with E-state index in [9.17, 15) is 14.0 Å². The first kappa shape index (κ1) is 27.5. The number of hydrogen-bond donors (Lipinski definition) is 2.